The van der Waals surface area contributed by atoms with Gasteiger partial charge in [-0.1, -0.05) is 0 Å². The van der Waals surface area contributed by atoms with Crippen LogP contribution in [0.5, 0.6) is 0 Å². The number of esters is 1. The van der Waals surface area contributed by atoms with E-state index in [-0.39, 0.29) is 17.8 Å². The Morgan fingerprint density at radius 3 is 3.31 bits per heavy atom. The van der Waals surface area contributed by atoms with E-state index in [1.54, 1.807) is 0 Å². The van der Waals surface area contributed by atoms with E-state index in [1.807, 2.05) is 6.92 Å². The summed E-state index contributed by atoms with van der Waals surface area (Å²) in [6, 6.07) is 0. The second-order valence-corrected chi connectivity index (χ2v) is 3.07. The standard InChI is InChI=1S/C8H11N3O2/c1-2-13-8(12)6-3-5(6)7-9-4-10-11-7/h4-6H,2-3H2,1H3,(H,9,10,11)/t5-,6-/m0/s1. The van der Waals surface area contributed by atoms with Crippen LogP contribution < -0.4 is 0 Å². The number of carbonyl (C=O) groups excluding carboxylic acids is 1. The van der Waals surface area contributed by atoms with Gasteiger partial charge in [-0.2, -0.15) is 5.10 Å². The van der Waals surface area contributed by atoms with E-state index < -0.39 is 0 Å². The number of nitrogens with one attached hydrogen (secondary N) is 1. The molecule has 0 bridgehead atoms. The van der Waals surface area contributed by atoms with Crippen molar-refractivity contribution in [2.24, 2.45) is 5.92 Å². The topological polar surface area (TPSA) is 67.9 Å². The number of nitrogens with zero attached hydrogens (tertiary/aromatic N) is 2. The molecule has 5 heteroatoms. The first-order valence-corrected chi connectivity index (χ1v) is 4.34. The molecule has 1 aliphatic rings. The summed E-state index contributed by atoms with van der Waals surface area (Å²) < 4.78 is 4.89. The largest absolute Gasteiger partial charge is 0.466 e. The molecule has 1 aromatic heterocycles. The third-order valence-electron chi connectivity index (χ3n) is 2.16. The Labute approximate surface area is 75.5 Å². The van der Waals surface area contributed by atoms with Crippen molar-refractivity contribution in [1.29, 1.82) is 0 Å². The third-order valence-corrected chi connectivity index (χ3v) is 2.16. The third kappa shape index (κ3) is 1.54. The first-order chi connectivity index (χ1) is 6.33. The van der Waals surface area contributed by atoms with Crippen molar-refractivity contribution in [2.75, 3.05) is 6.61 Å². The lowest BCUT2D eigenvalue weighted by Gasteiger charge is -1.98. The summed E-state index contributed by atoms with van der Waals surface area (Å²) in [5.41, 5.74) is 0. The van der Waals surface area contributed by atoms with Crippen LogP contribution in [-0.2, 0) is 9.53 Å². The molecule has 1 aliphatic carbocycles. The van der Waals surface area contributed by atoms with E-state index in [9.17, 15) is 4.79 Å². The van der Waals surface area contributed by atoms with Gasteiger partial charge in [-0.3, -0.25) is 9.89 Å². The van der Waals surface area contributed by atoms with Crippen LogP contribution >= 0.6 is 0 Å². The minimum Gasteiger partial charge on any atom is -0.466 e. The number of rotatable bonds is 3. The Bertz CT molecular complexity index is 296. The van der Waals surface area contributed by atoms with Crippen LogP contribution in [0.1, 0.15) is 25.1 Å². The molecule has 0 aliphatic heterocycles. The summed E-state index contributed by atoms with van der Waals surface area (Å²) >= 11 is 0. The zero-order chi connectivity index (χ0) is 9.26. The molecule has 1 saturated carbocycles. The molecule has 1 fully saturated rings. The molecule has 0 radical (unpaired) electrons. The number of aromatic nitrogens is 3. The fraction of sp³-hybridized carbons (Fsp3) is 0.625. The van der Waals surface area contributed by atoms with Crippen molar-refractivity contribution in [1.82, 2.24) is 15.2 Å². The quantitative estimate of drug-likeness (QED) is 0.688. The highest BCUT2D eigenvalue weighted by Crippen LogP contribution is 2.46. The highest BCUT2D eigenvalue weighted by molar-refractivity contribution is 5.76. The second-order valence-electron chi connectivity index (χ2n) is 3.07. The van der Waals surface area contributed by atoms with Crippen molar-refractivity contribution in [3.63, 3.8) is 0 Å². The van der Waals surface area contributed by atoms with E-state index in [0.717, 1.165) is 12.2 Å². The van der Waals surface area contributed by atoms with Crippen molar-refractivity contribution >= 4 is 5.97 Å². The number of ether oxygens (including phenoxy) is 1. The normalized spacial score (nSPS) is 25.6. The van der Waals surface area contributed by atoms with E-state index in [2.05, 4.69) is 15.2 Å². The number of aromatic amines is 1. The molecule has 1 N–H and O–H groups in total. The number of hydrogen-bond acceptors (Lipinski definition) is 4. The van der Waals surface area contributed by atoms with Gasteiger partial charge in [-0.05, 0) is 13.3 Å². The van der Waals surface area contributed by atoms with Gasteiger partial charge >= 0.3 is 5.97 Å². The minimum atomic E-state index is -0.121. The molecule has 0 amide bonds. The first kappa shape index (κ1) is 8.22. The molecule has 2 atom stereocenters. The maximum absolute atomic E-state index is 11.2. The van der Waals surface area contributed by atoms with Crippen molar-refractivity contribution < 1.29 is 9.53 Å². The van der Waals surface area contributed by atoms with E-state index in [1.165, 1.54) is 6.33 Å². The molecule has 70 valence electrons. The van der Waals surface area contributed by atoms with E-state index in [4.69, 9.17) is 4.74 Å². The molecule has 1 aromatic rings. The predicted octanol–water partition coefficient (Wildman–Crippen LogP) is 0.471. The summed E-state index contributed by atoms with van der Waals surface area (Å²) in [5.74, 6) is 0.858. The van der Waals surface area contributed by atoms with Crippen LogP contribution in [-0.4, -0.2) is 27.8 Å². The van der Waals surface area contributed by atoms with Crippen LogP contribution in [0.15, 0.2) is 6.33 Å². The highest BCUT2D eigenvalue weighted by Gasteiger charge is 2.47. The van der Waals surface area contributed by atoms with Crippen molar-refractivity contribution in [3.8, 4) is 0 Å². The van der Waals surface area contributed by atoms with Crippen molar-refractivity contribution in [2.45, 2.75) is 19.3 Å². The van der Waals surface area contributed by atoms with Crippen LogP contribution in [0.2, 0.25) is 0 Å². The summed E-state index contributed by atoms with van der Waals surface area (Å²) in [5, 5.41) is 6.49. The molecular formula is C8H11N3O2. The van der Waals surface area contributed by atoms with Gasteiger partial charge in [0.05, 0.1) is 12.5 Å². The smallest absolute Gasteiger partial charge is 0.309 e. The zero-order valence-corrected chi connectivity index (χ0v) is 7.36. The predicted molar refractivity (Wildman–Crippen MR) is 43.9 cm³/mol. The van der Waals surface area contributed by atoms with Gasteiger partial charge < -0.3 is 4.74 Å². The van der Waals surface area contributed by atoms with Crippen LogP contribution in [0.25, 0.3) is 0 Å². The summed E-state index contributed by atoms with van der Waals surface area (Å²) in [6.07, 6.45) is 2.28. The Balaban J connectivity index is 1.92. The van der Waals surface area contributed by atoms with Gasteiger partial charge in [0.25, 0.3) is 0 Å². The molecule has 0 saturated heterocycles. The zero-order valence-electron chi connectivity index (χ0n) is 7.36. The number of H-pyrrole nitrogens is 1. The van der Waals surface area contributed by atoms with Crippen LogP contribution in [0.3, 0.4) is 0 Å². The lowest BCUT2D eigenvalue weighted by atomic mass is 10.3. The lowest BCUT2D eigenvalue weighted by Crippen LogP contribution is -2.07. The Morgan fingerprint density at radius 1 is 1.85 bits per heavy atom. The highest BCUT2D eigenvalue weighted by atomic mass is 16.5. The Kier molecular flexibility index (Phi) is 2.00. The summed E-state index contributed by atoms with van der Waals surface area (Å²) in [4.78, 5) is 15.2. The lowest BCUT2D eigenvalue weighted by molar-refractivity contribution is -0.144. The van der Waals surface area contributed by atoms with Gasteiger partial charge in [0.2, 0.25) is 0 Å². The summed E-state index contributed by atoms with van der Waals surface area (Å²) in [7, 11) is 0. The molecule has 0 spiro atoms. The molecule has 0 unspecified atom stereocenters. The monoisotopic (exact) mass is 181 g/mol. The van der Waals surface area contributed by atoms with Gasteiger partial charge in [0.1, 0.15) is 12.2 Å². The first-order valence-electron chi connectivity index (χ1n) is 4.34. The molecule has 5 nitrogen and oxygen atoms in total. The number of carbonyl (C=O) groups is 1. The van der Waals surface area contributed by atoms with E-state index in [0.29, 0.717) is 6.61 Å². The molecule has 1 heterocycles. The fourth-order valence-electron chi connectivity index (χ4n) is 1.40. The summed E-state index contributed by atoms with van der Waals surface area (Å²) in [6.45, 7) is 2.25. The SMILES string of the molecule is CCOC(=O)[C@H]1C[C@@H]1c1ncn[nH]1. The molecule has 2 rings (SSSR count). The van der Waals surface area contributed by atoms with Gasteiger partial charge in [-0.15, -0.1) is 0 Å². The molecular weight excluding hydrogens is 170 g/mol. The average Bonchev–Trinajstić information content (AvgIpc) is 2.74. The number of hydrogen-bond donors (Lipinski definition) is 1. The Hall–Kier alpha value is -1.39. The van der Waals surface area contributed by atoms with E-state index >= 15 is 0 Å². The minimum absolute atomic E-state index is 0.00657. The van der Waals surface area contributed by atoms with Crippen LogP contribution in [0, 0.1) is 5.92 Å². The fourth-order valence-corrected chi connectivity index (χ4v) is 1.40. The van der Waals surface area contributed by atoms with Crippen molar-refractivity contribution in [3.05, 3.63) is 12.2 Å². The van der Waals surface area contributed by atoms with Gasteiger partial charge in [0.15, 0.2) is 0 Å². The maximum Gasteiger partial charge on any atom is 0.309 e. The Morgan fingerprint density at radius 2 is 2.69 bits per heavy atom. The average molecular weight is 181 g/mol. The maximum atomic E-state index is 11.2. The van der Waals surface area contributed by atoms with Gasteiger partial charge in [-0.25, -0.2) is 4.98 Å². The molecule has 0 aromatic carbocycles. The van der Waals surface area contributed by atoms with Gasteiger partial charge in [0, 0.05) is 5.92 Å². The second kappa shape index (κ2) is 3.16. The van der Waals surface area contributed by atoms with Crippen LogP contribution in [0.4, 0.5) is 0 Å². The molecule has 13 heavy (non-hydrogen) atoms.